The maximum absolute atomic E-state index is 15.1. The Morgan fingerprint density at radius 1 is 0.853 bits per heavy atom. The van der Waals surface area contributed by atoms with Crippen molar-refractivity contribution < 1.29 is 23.4 Å². The molecule has 8 heteroatoms. The van der Waals surface area contributed by atoms with Crippen LogP contribution in [0.15, 0.2) is 48.5 Å². The first-order valence-electron chi connectivity index (χ1n) is 11.1. The summed E-state index contributed by atoms with van der Waals surface area (Å²) in [6.07, 6.45) is 1.42. The molecule has 1 spiro atoms. The third kappa shape index (κ3) is 3.44. The average molecular weight is 500 g/mol. The number of carbonyl (C=O) groups excluding carboxylic acids is 1. The first-order valence-corrected chi connectivity index (χ1v) is 11.9. The second-order valence-electron chi connectivity index (χ2n) is 8.61. The summed E-state index contributed by atoms with van der Waals surface area (Å²) in [7, 11) is 0. The van der Waals surface area contributed by atoms with E-state index in [0.717, 1.165) is 22.3 Å². The van der Waals surface area contributed by atoms with Crippen LogP contribution < -0.4 is 9.47 Å². The maximum atomic E-state index is 15.1. The van der Waals surface area contributed by atoms with Crippen molar-refractivity contribution in [3.8, 4) is 11.5 Å². The quantitative estimate of drug-likeness (QED) is 0.451. The normalized spacial score (nSPS) is 17.8. The summed E-state index contributed by atoms with van der Waals surface area (Å²) in [5, 5.41) is 1.22. The molecular weight excluding hydrogens is 480 g/mol. The van der Waals surface area contributed by atoms with E-state index in [-0.39, 0.29) is 11.3 Å². The number of aryl methyl sites for hydroxylation is 2. The van der Waals surface area contributed by atoms with Crippen LogP contribution in [0, 0.1) is 5.82 Å². The Hall–Kier alpha value is -2.80. The highest BCUT2D eigenvalue weighted by Crippen LogP contribution is 2.51. The van der Waals surface area contributed by atoms with Crippen LogP contribution in [-0.4, -0.2) is 37.1 Å². The molecule has 1 amide bonds. The van der Waals surface area contributed by atoms with Crippen molar-refractivity contribution in [2.24, 2.45) is 0 Å². The van der Waals surface area contributed by atoms with Gasteiger partial charge in [0.2, 0.25) is 0 Å². The smallest absolute Gasteiger partial charge is 0.306 e. The first kappa shape index (κ1) is 21.7. The number of hydrogen-bond donors (Lipinski definition) is 0. The van der Waals surface area contributed by atoms with Gasteiger partial charge in [-0.15, -0.1) is 0 Å². The van der Waals surface area contributed by atoms with Gasteiger partial charge in [-0.1, -0.05) is 23.2 Å². The molecule has 1 fully saturated rings. The highest BCUT2D eigenvalue weighted by Gasteiger charge is 2.49. The van der Waals surface area contributed by atoms with Gasteiger partial charge >= 0.3 is 5.79 Å². The van der Waals surface area contributed by atoms with Gasteiger partial charge in [0.05, 0.1) is 18.8 Å². The van der Waals surface area contributed by atoms with Crippen LogP contribution in [0.1, 0.15) is 32.6 Å². The van der Waals surface area contributed by atoms with Crippen LogP contribution in [0.5, 0.6) is 11.5 Å². The number of carbonyl (C=O) groups is 1. The van der Waals surface area contributed by atoms with Crippen molar-refractivity contribution >= 4 is 29.1 Å². The van der Waals surface area contributed by atoms with E-state index in [1.165, 1.54) is 12.1 Å². The van der Waals surface area contributed by atoms with Gasteiger partial charge in [-0.3, -0.25) is 4.79 Å². The molecule has 0 radical (unpaired) electrons. The van der Waals surface area contributed by atoms with Crippen molar-refractivity contribution in [3.05, 3.63) is 92.2 Å². The van der Waals surface area contributed by atoms with Gasteiger partial charge in [0.15, 0.2) is 11.5 Å². The molecule has 1 saturated heterocycles. The van der Waals surface area contributed by atoms with E-state index in [4.69, 9.17) is 37.4 Å². The Morgan fingerprint density at radius 3 is 2.00 bits per heavy atom. The van der Waals surface area contributed by atoms with Crippen LogP contribution in [0.25, 0.3) is 0 Å². The lowest BCUT2D eigenvalue weighted by Gasteiger charge is -2.30. The predicted molar refractivity (Wildman–Crippen MR) is 125 cm³/mol. The summed E-state index contributed by atoms with van der Waals surface area (Å²) in [6.45, 7) is 1.69. The fourth-order valence-corrected chi connectivity index (χ4v) is 5.33. The predicted octanol–water partition coefficient (Wildman–Crippen LogP) is 5.38. The highest BCUT2D eigenvalue weighted by atomic mass is 35.5. The van der Waals surface area contributed by atoms with Crippen molar-refractivity contribution in [1.29, 1.82) is 0 Å². The number of hydrogen-bond acceptors (Lipinski definition) is 4. The lowest BCUT2D eigenvalue weighted by atomic mass is 9.93. The van der Waals surface area contributed by atoms with Gasteiger partial charge < -0.3 is 19.1 Å². The van der Waals surface area contributed by atoms with Crippen molar-refractivity contribution in [3.63, 3.8) is 0 Å². The summed E-state index contributed by atoms with van der Waals surface area (Å²) in [5.74, 6) is -1.85. The molecule has 0 saturated carbocycles. The minimum absolute atomic E-state index is 0.0532. The molecule has 3 aliphatic rings. The Bertz CT molecular complexity index is 1270. The summed E-state index contributed by atoms with van der Waals surface area (Å²) < 4.78 is 33.4. The van der Waals surface area contributed by atoms with Crippen molar-refractivity contribution in [1.82, 2.24) is 4.90 Å². The highest BCUT2D eigenvalue weighted by molar-refractivity contribution is 6.31. The fourth-order valence-electron chi connectivity index (χ4n) is 4.94. The molecule has 0 aromatic heterocycles. The molecule has 0 atom stereocenters. The second kappa shape index (κ2) is 8.15. The number of nitrogens with zero attached hydrogens (tertiary/aromatic N) is 1. The van der Waals surface area contributed by atoms with E-state index in [1.807, 2.05) is 24.3 Å². The Kier molecular flexibility index (Phi) is 5.21. The van der Waals surface area contributed by atoms with E-state index in [0.29, 0.717) is 54.9 Å². The monoisotopic (exact) mass is 499 g/mol. The van der Waals surface area contributed by atoms with E-state index in [9.17, 15) is 4.79 Å². The van der Waals surface area contributed by atoms with Crippen LogP contribution in [0.3, 0.4) is 0 Å². The Morgan fingerprint density at radius 2 is 1.41 bits per heavy atom. The molecule has 3 aromatic carbocycles. The van der Waals surface area contributed by atoms with Gasteiger partial charge in [-0.2, -0.15) is 0 Å². The van der Waals surface area contributed by atoms with E-state index in [2.05, 4.69) is 0 Å². The SMILES string of the molecule is O=C(c1cc2c(cc1F)OC1(O2)c2ccc(Cl)cc2CCc2cc(Cl)ccc21)N1CCOCC1. The molecule has 34 heavy (non-hydrogen) atoms. The standard InChI is InChI=1S/C26H20Cl2FNO4/c27-17-3-5-20-15(11-17)1-2-16-12-18(28)4-6-21(16)26(20)33-23-13-19(22(29)14-24(23)34-26)25(31)30-7-9-32-10-8-30/h3-6,11-14H,1-2,7-10H2. The minimum Gasteiger partial charge on any atom is -0.440 e. The molecular formula is C26H20Cl2FNO4. The number of halogens is 3. The second-order valence-corrected chi connectivity index (χ2v) is 9.48. The molecule has 1 aliphatic carbocycles. The zero-order valence-electron chi connectivity index (χ0n) is 18.1. The van der Waals surface area contributed by atoms with Crippen LogP contribution in [-0.2, 0) is 23.4 Å². The molecule has 3 aromatic rings. The average Bonchev–Trinajstić information content (AvgIpc) is 3.15. The maximum Gasteiger partial charge on any atom is 0.306 e. The summed E-state index contributed by atoms with van der Waals surface area (Å²) in [6, 6.07) is 13.8. The number of benzene rings is 3. The molecule has 0 N–H and O–H groups in total. The fraction of sp³-hybridized carbons (Fsp3) is 0.269. The Labute approximate surface area is 205 Å². The molecule has 6 rings (SSSR count). The summed E-state index contributed by atoms with van der Waals surface area (Å²) >= 11 is 12.6. The van der Waals surface area contributed by atoms with Crippen LogP contribution >= 0.6 is 23.2 Å². The van der Waals surface area contributed by atoms with E-state index < -0.39 is 17.5 Å². The first-order chi connectivity index (χ1) is 16.4. The lowest BCUT2D eigenvalue weighted by molar-refractivity contribution is -0.0464. The lowest BCUT2D eigenvalue weighted by Crippen LogP contribution is -2.41. The van der Waals surface area contributed by atoms with Crippen molar-refractivity contribution in [2.75, 3.05) is 26.3 Å². The third-order valence-electron chi connectivity index (χ3n) is 6.58. The number of morpholine rings is 1. The topological polar surface area (TPSA) is 48.0 Å². The Balaban J connectivity index is 1.48. The zero-order valence-corrected chi connectivity index (χ0v) is 19.6. The molecule has 5 nitrogen and oxygen atoms in total. The van der Waals surface area contributed by atoms with Crippen LogP contribution in [0.2, 0.25) is 10.0 Å². The van der Waals surface area contributed by atoms with Gasteiger partial charge in [-0.25, -0.2) is 4.39 Å². The van der Waals surface area contributed by atoms with E-state index in [1.54, 1.807) is 17.0 Å². The third-order valence-corrected chi connectivity index (χ3v) is 7.05. The summed E-state index contributed by atoms with van der Waals surface area (Å²) in [4.78, 5) is 14.6. The number of ether oxygens (including phenoxy) is 3. The number of fused-ring (bicyclic) bond motifs is 5. The summed E-state index contributed by atoms with van der Waals surface area (Å²) in [5.41, 5.74) is 3.46. The molecule has 174 valence electrons. The van der Waals surface area contributed by atoms with Gasteiger partial charge in [0.1, 0.15) is 5.82 Å². The molecule has 0 unspecified atom stereocenters. The number of rotatable bonds is 1. The molecule has 2 heterocycles. The number of amides is 1. The largest absolute Gasteiger partial charge is 0.440 e. The minimum atomic E-state index is -1.34. The molecule has 2 aliphatic heterocycles. The van der Waals surface area contributed by atoms with Gasteiger partial charge in [0, 0.05) is 40.3 Å². The van der Waals surface area contributed by atoms with Crippen molar-refractivity contribution in [2.45, 2.75) is 18.6 Å². The van der Waals surface area contributed by atoms with Gasteiger partial charge in [0.25, 0.3) is 5.91 Å². The molecule has 0 bridgehead atoms. The van der Waals surface area contributed by atoms with Gasteiger partial charge in [-0.05, 0) is 66.4 Å². The van der Waals surface area contributed by atoms with E-state index >= 15 is 4.39 Å². The van der Waals surface area contributed by atoms with Crippen LogP contribution in [0.4, 0.5) is 4.39 Å². The zero-order chi connectivity index (χ0) is 23.4.